The smallest absolute Gasteiger partial charge is 0.237 e. The van der Waals surface area contributed by atoms with Gasteiger partial charge < -0.3 is 0 Å². The zero-order valence-corrected chi connectivity index (χ0v) is 19.4. The maximum atomic E-state index is 13.3. The molecule has 0 aromatic heterocycles. The molecule has 7 heteroatoms. The summed E-state index contributed by atoms with van der Waals surface area (Å²) in [5, 5.41) is 0. The fourth-order valence-electron chi connectivity index (χ4n) is 8.75. The van der Waals surface area contributed by atoms with E-state index in [0.29, 0.717) is 30.2 Å². The van der Waals surface area contributed by atoms with E-state index in [1.165, 1.54) is 9.80 Å². The number of benzene rings is 1. The van der Waals surface area contributed by atoms with Crippen LogP contribution in [0.3, 0.4) is 0 Å². The fraction of sp³-hybridized carbons (Fsp3) is 0.630. The molecule has 4 saturated carbocycles. The largest absolute Gasteiger partial charge is 0.296 e. The van der Waals surface area contributed by atoms with E-state index in [9.17, 15) is 19.2 Å². The van der Waals surface area contributed by atoms with Gasteiger partial charge in [0.1, 0.15) is 6.54 Å². The van der Waals surface area contributed by atoms with E-state index in [2.05, 4.69) is 0 Å². The molecule has 6 aliphatic rings. The van der Waals surface area contributed by atoms with Gasteiger partial charge in [-0.3, -0.25) is 24.1 Å². The first kappa shape index (κ1) is 20.8. The van der Waals surface area contributed by atoms with Crippen LogP contribution in [-0.2, 0) is 25.7 Å². The highest BCUT2D eigenvalue weighted by Gasteiger charge is 2.63. The Morgan fingerprint density at radius 2 is 1.00 bits per heavy atom. The van der Waals surface area contributed by atoms with Crippen LogP contribution >= 0.6 is 0 Å². The molecule has 4 bridgehead atoms. The second-order valence-electron chi connectivity index (χ2n) is 11.7. The molecule has 6 fully saturated rings. The number of amides is 4. The van der Waals surface area contributed by atoms with Gasteiger partial charge in [-0.05, 0) is 62.2 Å². The molecule has 2 saturated heterocycles. The van der Waals surface area contributed by atoms with Crippen LogP contribution in [0.15, 0.2) is 30.3 Å². The first-order valence-corrected chi connectivity index (χ1v) is 13.1. The van der Waals surface area contributed by atoms with E-state index < -0.39 is 0 Å². The highest BCUT2D eigenvalue weighted by atomic mass is 16.2. The first-order chi connectivity index (χ1) is 16.5. The summed E-state index contributed by atoms with van der Waals surface area (Å²) in [6.07, 6.45) is 6.26. The maximum absolute atomic E-state index is 13.3. The van der Waals surface area contributed by atoms with Crippen LogP contribution in [-0.4, -0.2) is 46.8 Å². The molecule has 178 valence electrons. The Bertz CT molecular complexity index is 953. The van der Waals surface area contributed by atoms with Crippen LogP contribution in [0.2, 0.25) is 0 Å². The van der Waals surface area contributed by atoms with Gasteiger partial charge in [0.15, 0.2) is 13.3 Å². The van der Waals surface area contributed by atoms with Crippen molar-refractivity contribution in [3.63, 3.8) is 0 Å². The van der Waals surface area contributed by atoms with E-state index in [1.807, 2.05) is 30.3 Å². The van der Waals surface area contributed by atoms with Gasteiger partial charge in [-0.25, -0.2) is 9.80 Å². The van der Waals surface area contributed by atoms with Crippen molar-refractivity contribution in [2.45, 2.75) is 45.1 Å². The molecule has 1 N–H and O–H groups in total. The van der Waals surface area contributed by atoms with Crippen LogP contribution in [0.25, 0.3) is 0 Å². The maximum Gasteiger partial charge on any atom is 0.237 e. The first-order valence-electron chi connectivity index (χ1n) is 13.1. The summed E-state index contributed by atoms with van der Waals surface area (Å²) in [6.45, 7) is 0.996. The zero-order chi connectivity index (χ0) is 23.1. The third-order valence-corrected chi connectivity index (χ3v) is 10.1. The highest BCUT2D eigenvalue weighted by Crippen LogP contribution is 2.57. The number of nitrogens with one attached hydrogen (secondary N) is 1. The van der Waals surface area contributed by atoms with Crippen molar-refractivity contribution >= 4 is 23.6 Å². The molecule has 7 nitrogen and oxygen atoms in total. The number of likely N-dealkylation sites (tertiary alicyclic amines) is 2. The highest BCUT2D eigenvalue weighted by molar-refractivity contribution is 6.06. The summed E-state index contributed by atoms with van der Waals surface area (Å²) in [5.41, 5.74) is 1.07. The molecule has 4 aliphatic carbocycles. The third kappa shape index (κ3) is 2.85. The lowest BCUT2D eigenvalue weighted by atomic mass is 9.81. The Morgan fingerprint density at radius 3 is 1.38 bits per heavy atom. The Kier molecular flexibility index (Phi) is 4.57. The van der Waals surface area contributed by atoms with E-state index >= 15 is 0 Å². The van der Waals surface area contributed by atoms with Crippen molar-refractivity contribution in [2.75, 3.05) is 13.3 Å². The summed E-state index contributed by atoms with van der Waals surface area (Å²) in [5.74, 6) is 0.728. The van der Waals surface area contributed by atoms with Gasteiger partial charge in [-0.15, -0.1) is 0 Å². The van der Waals surface area contributed by atoms with Gasteiger partial charge in [0.05, 0.1) is 23.7 Å². The predicted molar refractivity (Wildman–Crippen MR) is 120 cm³/mol. The standard InChI is InChI=1S/C27H31N3O4/c31-24-20-16-6-7-17(10-16)21(20)25(32)29(24)13-28(12-15-4-2-1-3-5-15)14-30-26(33)22-18-8-9-19(11-18)23(22)27(30)34/h1-5,16-23H,6-14H2/p+1/t16-,17+,18-,19+,20-,21-,22-,23+/m0/s1. The van der Waals surface area contributed by atoms with Crippen molar-refractivity contribution < 1.29 is 24.1 Å². The molecule has 2 heterocycles. The van der Waals surface area contributed by atoms with Gasteiger partial charge >= 0.3 is 0 Å². The average Bonchev–Trinajstić information content (AvgIpc) is 3.68. The summed E-state index contributed by atoms with van der Waals surface area (Å²) < 4.78 is 0. The molecule has 1 aromatic rings. The molecule has 0 radical (unpaired) electrons. The van der Waals surface area contributed by atoms with Crippen molar-refractivity contribution in [1.29, 1.82) is 0 Å². The monoisotopic (exact) mass is 462 g/mol. The molecular weight excluding hydrogens is 430 g/mol. The Labute approximate surface area is 199 Å². The zero-order valence-electron chi connectivity index (χ0n) is 19.4. The molecule has 1 unspecified atom stereocenters. The Balaban J connectivity index is 1.14. The minimum atomic E-state index is -0.144. The van der Waals surface area contributed by atoms with Gasteiger partial charge in [-0.2, -0.15) is 0 Å². The van der Waals surface area contributed by atoms with Crippen molar-refractivity contribution in [1.82, 2.24) is 9.80 Å². The molecular formula is C27H32N3O4+. The van der Waals surface area contributed by atoms with Crippen LogP contribution in [0.4, 0.5) is 0 Å². The van der Waals surface area contributed by atoms with E-state index in [4.69, 9.17) is 0 Å². The van der Waals surface area contributed by atoms with Crippen LogP contribution in [0, 0.1) is 47.3 Å². The molecule has 7 rings (SSSR count). The molecule has 2 aliphatic heterocycles. The molecule has 1 aromatic carbocycles. The molecule has 9 atom stereocenters. The van der Waals surface area contributed by atoms with Crippen molar-refractivity contribution in [3.05, 3.63) is 35.9 Å². The van der Waals surface area contributed by atoms with E-state index in [1.54, 1.807) is 0 Å². The minimum Gasteiger partial charge on any atom is -0.296 e. The number of imide groups is 2. The second kappa shape index (κ2) is 7.48. The number of rotatable bonds is 6. The summed E-state index contributed by atoms with van der Waals surface area (Å²) in [7, 11) is 0. The number of nitrogens with zero attached hydrogens (tertiary/aromatic N) is 2. The van der Waals surface area contributed by atoms with E-state index in [-0.39, 0.29) is 60.6 Å². The van der Waals surface area contributed by atoms with Gasteiger partial charge in [-0.1, -0.05) is 30.3 Å². The third-order valence-electron chi connectivity index (χ3n) is 10.1. The number of hydrogen-bond donors (Lipinski definition) is 1. The second-order valence-corrected chi connectivity index (χ2v) is 11.7. The van der Waals surface area contributed by atoms with Crippen LogP contribution in [0.5, 0.6) is 0 Å². The number of carbonyl (C=O) groups excluding carboxylic acids is 4. The fourth-order valence-corrected chi connectivity index (χ4v) is 8.75. The number of fused-ring (bicyclic) bond motifs is 10. The Hall–Kier alpha value is -2.54. The number of quaternary nitrogens is 1. The van der Waals surface area contributed by atoms with Crippen molar-refractivity contribution in [3.8, 4) is 0 Å². The quantitative estimate of drug-likeness (QED) is 0.641. The summed E-state index contributed by atoms with van der Waals surface area (Å²) in [4.78, 5) is 57.2. The minimum absolute atomic E-state index is 0.0262. The SMILES string of the molecule is O=C1[C@@H]2[C@@H]3CC[C@@H](C3)[C@@H]2C(=O)N1C[NH+](Cc1ccccc1)CN1C(=O)[C@H]2[C@@H]3CC[C@@H](C3)[C@@H]2C1=O. The van der Waals surface area contributed by atoms with Crippen molar-refractivity contribution in [2.24, 2.45) is 47.3 Å². The van der Waals surface area contributed by atoms with Crippen LogP contribution in [0.1, 0.15) is 44.1 Å². The Morgan fingerprint density at radius 1 is 0.618 bits per heavy atom. The predicted octanol–water partition coefficient (Wildman–Crippen LogP) is 1.05. The normalized spacial score (nSPS) is 40.6. The molecule has 0 spiro atoms. The summed E-state index contributed by atoms with van der Waals surface area (Å²) >= 11 is 0. The van der Waals surface area contributed by atoms with Gasteiger partial charge in [0.25, 0.3) is 0 Å². The number of hydrogen-bond acceptors (Lipinski definition) is 4. The number of carbonyl (C=O) groups is 4. The molecule has 4 amide bonds. The van der Waals surface area contributed by atoms with Gasteiger partial charge in [0, 0.05) is 5.56 Å². The van der Waals surface area contributed by atoms with Crippen LogP contribution < -0.4 is 4.90 Å². The molecule has 34 heavy (non-hydrogen) atoms. The lowest BCUT2D eigenvalue weighted by molar-refractivity contribution is -0.928. The summed E-state index contributed by atoms with van der Waals surface area (Å²) in [6, 6.07) is 9.93. The lowest BCUT2D eigenvalue weighted by Crippen LogP contribution is -3.14. The van der Waals surface area contributed by atoms with Gasteiger partial charge in [0.2, 0.25) is 23.6 Å². The van der Waals surface area contributed by atoms with E-state index in [0.717, 1.165) is 49.0 Å². The average molecular weight is 463 g/mol. The lowest BCUT2D eigenvalue weighted by Gasteiger charge is -2.28. The topological polar surface area (TPSA) is 79.2 Å².